The van der Waals surface area contributed by atoms with Crippen molar-refractivity contribution in [1.82, 2.24) is 0 Å². The van der Waals surface area contributed by atoms with Gasteiger partial charge >= 0.3 is 17.4 Å². The van der Waals surface area contributed by atoms with Crippen molar-refractivity contribution in [2.24, 2.45) is 0 Å². The fourth-order valence-corrected chi connectivity index (χ4v) is 0.742. The van der Waals surface area contributed by atoms with Crippen LogP contribution in [0, 0.1) is 0 Å². The van der Waals surface area contributed by atoms with Crippen molar-refractivity contribution in [3.8, 4) is 0 Å². The number of carboxylic acid groups (broad SMARTS) is 2. The van der Waals surface area contributed by atoms with Gasteiger partial charge in [0.25, 0.3) is 0 Å². The van der Waals surface area contributed by atoms with Crippen LogP contribution < -0.4 is 10.2 Å². The van der Waals surface area contributed by atoms with Gasteiger partial charge in [0.15, 0.2) is 0 Å². The number of carbonyl (C=O) groups excluding carboxylic acids is 2. The van der Waals surface area contributed by atoms with Crippen LogP contribution in [0.5, 0.6) is 0 Å². The summed E-state index contributed by atoms with van der Waals surface area (Å²) >= 11 is 0. The third kappa shape index (κ3) is 2.90. The van der Waals surface area contributed by atoms with Gasteiger partial charge in [0.1, 0.15) is 0 Å². The minimum Gasteiger partial charge on any atom is -0.545 e. The molecule has 0 radical (unpaired) electrons. The van der Waals surface area contributed by atoms with Crippen LogP contribution in [0.25, 0.3) is 0 Å². The van der Waals surface area contributed by atoms with Gasteiger partial charge in [-0.25, -0.2) is 0 Å². The largest absolute Gasteiger partial charge is 2.00 e. The van der Waals surface area contributed by atoms with Crippen molar-refractivity contribution in [3.05, 3.63) is 35.4 Å². The first-order chi connectivity index (χ1) is 5.61. The molecular formula is C8H4CrO4. The Balaban J connectivity index is 0.00000144. The summed E-state index contributed by atoms with van der Waals surface area (Å²) in [7, 11) is 0. The van der Waals surface area contributed by atoms with E-state index in [0.29, 0.717) is 0 Å². The van der Waals surface area contributed by atoms with E-state index in [1.54, 1.807) is 0 Å². The molecule has 1 aromatic rings. The maximum atomic E-state index is 10.2. The van der Waals surface area contributed by atoms with Gasteiger partial charge in [0, 0.05) is 0 Å². The first kappa shape index (κ1) is 11.7. The Hall–Kier alpha value is -1.31. The normalized spacial score (nSPS) is 8.62. The molecular weight excluding hydrogens is 212 g/mol. The van der Waals surface area contributed by atoms with E-state index in [4.69, 9.17) is 0 Å². The fraction of sp³-hybridized carbons (Fsp3) is 0. The minimum atomic E-state index is -1.33. The number of carbonyl (C=O) groups is 2. The van der Waals surface area contributed by atoms with E-state index < -0.39 is 11.9 Å². The van der Waals surface area contributed by atoms with E-state index in [1.165, 1.54) is 0 Å². The number of carboxylic acids is 2. The molecule has 0 aliphatic carbocycles. The quantitative estimate of drug-likeness (QED) is 0.597. The van der Waals surface area contributed by atoms with Crippen molar-refractivity contribution in [1.29, 1.82) is 0 Å². The molecule has 0 saturated carbocycles. The van der Waals surface area contributed by atoms with Crippen LogP contribution in [0.3, 0.4) is 0 Å². The average molecular weight is 216 g/mol. The van der Waals surface area contributed by atoms with Gasteiger partial charge in [0.2, 0.25) is 0 Å². The molecule has 1 aromatic carbocycles. The predicted octanol–water partition coefficient (Wildman–Crippen LogP) is -1.59. The number of hydrogen-bond donors (Lipinski definition) is 0. The van der Waals surface area contributed by atoms with Crippen molar-refractivity contribution < 1.29 is 37.2 Å². The molecule has 0 saturated heterocycles. The number of benzene rings is 1. The van der Waals surface area contributed by atoms with E-state index in [2.05, 4.69) is 0 Å². The Morgan fingerprint density at radius 1 is 0.846 bits per heavy atom. The molecule has 13 heavy (non-hydrogen) atoms. The number of hydrogen-bond acceptors (Lipinski definition) is 4. The van der Waals surface area contributed by atoms with Gasteiger partial charge in [0.05, 0.1) is 11.9 Å². The Kier molecular flexibility index (Phi) is 4.19. The third-order valence-corrected chi connectivity index (χ3v) is 1.36. The topological polar surface area (TPSA) is 80.3 Å². The Bertz CT molecular complexity index is 284. The van der Waals surface area contributed by atoms with Crippen LogP contribution in [0.15, 0.2) is 24.3 Å². The molecule has 0 unspecified atom stereocenters. The van der Waals surface area contributed by atoms with Gasteiger partial charge < -0.3 is 19.8 Å². The van der Waals surface area contributed by atoms with Crippen molar-refractivity contribution in [2.75, 3.05) is 0 Å². The number of aromatic carboxylic acids is 2. The summed E-state index contributed by atoms with van der Waals surface area (Å²) in [5, 5.41) is 20.4. The molecule has 0 aromatic heterocycles. The summed E-state index contributed by atoms with van der Waals surface area (Å²) in [4.78, 5) is 20.4. The molecule has 0 N–H and O–H groups in total. The van der Waals surface area contributed by atoms with Crippen LogP contribution in [-0.4, -0.2) is 11.9 Å². The summed E-state index contributed by atoms with van der Waals surface area (Å²) in [5.74, 6) is -2.67. The second-order valence-corrected chi connectivity index (χ2v) is 2.15. The molecule has 0 atom stereocenters. The molecule has 0 amide bonds. The van der Waals surface area contributed by atoms with Crippen LogP contribution in [0.1, 0.15) is 20.7 Å². The maximum absolute atomic E-state index is 10.2. The monoisotopic (exact) mass is 216 g/mol. The minimum absolute atomic E-state index is 0. The van der Waals surface area contributed by atoms with E-state index in [-0.39, 0.29) is 28.5 Å². The van der Waals surface area contributed by atoms with E-state index in [1.807, 2.05) is 0 Å². The van der Waals surface area contributed by atoms with Crippen molar-refractivity contribution in [2.45, 2.75) is 0 Å². The summed E-state index contributed by atoms with van der Waals surface area (Å²) in [6.45, 7) is 0. The van der Waals surface area contributed by atoms with Crippen molar-refractivity contribution >= 4 is 11.9 Å². The zero-order valence-corrected chi connectivity index (χ0v) is 7.63. The van der Waals surface area contributed by atoms with Gasteiger partial charge in [-0.3, -0.25) is 0 Å². The first-order valence-electron chi connectivity index (χ1n) is 3.14. The van der Waals surface area contributed by atoms with Crippen molar-refractivity contribution in [3.63, 3.8) is 0 Å². The van der Waals surface area contributed by atoms with Crippen LogP contribution >= 0.6 is 0 Å². The first-order valence-corrected chi connectivity index (χ1v) is 3.14. The summed E-state index contributed by atoms with van der Waals surface area (Å²) in [5.41, 5.74) is -0.111. The standard InChI is InChI=1S/C8H6O4.Cr/c9-7(10)5-1-2-6(4-3-5)8(11)12;/h1-4H,(H,9,10)(H,11,12);/q;+2/p-2. The molecule has 0 aliphatic rings. The average Bonchev–Trinajstić information content (AvgIpc) is 2.04. The molecule has 4 nitrogen and oxygen atoms in total. The van der Waals surface area contributed by atoms with Gasteiger partial charge in [-0.2, -0.15) is 0 Å². The second-order valence-electron chi connectivity index (χ2n) is 2.15. The van der Waals surface area contributed by atoms with Gasteiger partial charge in [-0.05, 0) is 11.1 Å². The summed E-state index contributed by atoms with van der Waals surface area (Å²) in [6.07, 6.45) is 0. The maximum Gasteiger partial charge on any atom is 2.00 e. The molecule has 0 fully saturated rings. The second kappa shape index (κ2) is 4.65. The molecule has 0 aliphatic heterocycles. The molecule has 5 heteroatoms. The van der Waals surface area contributed by atoms with Crippen LogP contribution in [0.4, 0.5) is 0 Å². The van der Waals surface area contributed by atoms with Crippen LogP contribution in [0.2, 0.25) is 0 Å². The van der Waals surface area contributed by atoms with E-state index in [9.17, 15) is 19.8 Å². The molecule has 0 heterocycles. The molecule has 66 valence electrons. The third-order valence-electron chi connectivity index (χ3n) is 1.36. The zero-order chi connectivity index (χ0) is 9.14. The van der Waals surface area contributed by atoms with E-state index >= 15 is 0 Å². The number of rotatable bonds is 2. The van der Waals surface area contributed by atoms with Gasteiger partial charge in [-0.15, -0.1) is 0 Å². The summed E-state index contributed by atoms with van der Waals surface area (Å²) < 4.78 is 0. The molecule has 0 spiro atoms. The smallest absolute Gasteiger partial charge is 0.545 e. The fourth-order valence-electron chi connectivity index (χ4n) is 0.742. The SMILES string of the molecule is O=C([O-])c1ccc(C(=O)[O-])cc1.[Cr+2]. The van der Waals surface area contributed by atoms with Gasteiger partial charge in [-0.1, -0.05) is 24.3 Å². The predicted molar refractivity (Wildman–Crippen MR) is 35.1 cm³/mol. The molecule has 0 bridgehead atoms. The van der Waals surface area contributed by atoms with Crippen LogP contribution in [-0.2, 0) is 17.4 Å². The Labute approximate surface area is 84.9 Å². The summed E-state index contributed by atoms with van der Waals surface area (Å²) in [6, 6.07) is 4.61. The molecule has 1 rings (SSSR count). The zero-order valence-electron chi connectivity index (χ0n) is 6.35. The Morgan fingerprint density at radius 2 is 1.08 bits per heavy atom. The Morgan fingerprint density at radius 3 is 1.23 bits per heavy atom. The van der Waals surface area contributed by atoms with E-state index in [0.717, 1.165) is 24.3 Å².